The van der Waals surface area contributed by atoms with Crippen molar-refractivity contribution in [2.24, 2.45) is 0 Å². The molecule has 0 aliphatic carbocycles. The van der Waals surface area contributed by atoms with Crippen molar-refractivity contribution in [1.29, 1.82) is 0 Å². The average Bonchev–Trinajstić information content (AvgIpc) is 2.55. The smallest absolute Gasteiger partial charge is 0.338 e. The lowest BCUT2D eigenvalue weighted by Gasteiger charge is -2.07. The molecule has 0 amide bonds. The van der Waals surface area contributed by atoms with Crippen LogP contribution in [0.15, 0.2) is 18.2 Å². The van der Waals surface area contributed by atoms with Gasteiger partial charge in [0.2, 0.25) is 0 Å². The minimum Gasteiger partial charge on any atom is -0.460 e. The van der Waals surface area contributed by atoms with Gasteiger partial charge in [-0.05, 0) is 6.07 Å². The second-order valence-electron chi connectivity index (χ2n) is 4.52. The van der Waals surface area contributed by atoms with Crippen molar-refractivity contribution >= 4 is 17.6 Å². The van der Waals surface area contributed by atoms with Crippen molar-refractivity contribution in [3.63, 3.8) is 0 Å². The quantitative estimate of drug-likeness (QED) is 0.426. The Morgan fingerprint density at radius 2 is 1.22 bits per heavy atom. The number of carbonyl (C=O) groups excluding carboxylic acids is 2. The first-order valence-corrected chi connectivity index (χ1v) is 6.87. The number of hydrogen-bond donors (Lipinski definition) is 0. The first-order chi connectivity index (χ1) is 11.1. The minimum absolute atomic E-state index is 0.0126. The molecule has 1 aromatic carbocycles. The highest BCUT2D eigenvalue weighted by molar-refractivity contribution is 5.96. The van der Waals surface area contributed by atoms with Gasteiger partial charge in [0.25, 0.3) is 5.69 Å². The van der Waals surface area contributed by atoms with Crippen LogP contribution in [0.25, 0.3) is 0 Å². The molecule has 0 saturated heterocycles. The van der Waals surface area contributed by atoms with Crippen molar-refractivity contribution in [1.82, 2.24) is 0 Å². The molecule has 0 atom stereocenters. The van der Waals surface area contributed by atoms with Gasteiger partial charge in [-0.3, -0.25) is 10.1 Å². The SMILES string of the molecule is O=C1OCCOCCOCCOC(=O)c2cc1cc([N+](=O)[O-])c2. The molecule has 0 saturated carbocycles. The van der Waals surface area contributed by atoms with E-state index in [1.165, 1.54) is 6.07 Å². The van der Waals surface area contributed by atoms with Gasteiger partial charge in [-0.25, -0.2) is 9.59 Å². The molecule has 23 heavy (non-hydrogen) atoms. The van der Waals surface area contributed by atoms with Gasteiger partial charge in [0.1, 0.15) is 13.2 Å². The van der Waals surface area contributed by atoms with Crippen molar-refractivity contribution in [3.8, 4) is 0 Å². The summed E-state index contributed by atoms with van der Waals surface area (Å²) in [4.78, 5) is 34.1. The van der Waals surface area contributed by atoms with Gasteiger partial charge in [0.15, 0.2) is 0 Å². The second-order valence-corrected chi connectivity index (χ2v) is 4.52. The van der Waals surface area contributed by atoms with Crippen LogP contribution in [0.2, 0.25) is 0 Å². The first-order valence-electron chi connectivity index (χ1n) is 6.87. The lowest BCUT2D eigenvalue weighted by Crippen LogP contribution is -2.13. The van der Waals surface area contributed by atoms with E-state index in [4.69, 9.17) is 18.9 Å². The van der Waals surface area contributed by atoms with E-state index >= 15 is 0 Å². The van der Waals surface area contributed by atoms with Crippen LogP contribution in [-0.4, -0.2) is 56.5 Å². The van der Waals surface area contributed by atoms with Crippen LogP contribution in [0.3, 0.4) is 0 Å². The molecule has 9 nitrogen and oxygen atoms in total. The summed E-state index contributed by atoms with van der Waals surface area (Å²) in [6, 6.07) is 3.28. The Labute approximate surface area is 131 Å². The van der Waals surface area contributed by atoms with Gasteiger partial charge in [0, 0.05) is 12.1 Å². The molecule has 2 rings (SSSR count). The first kappa shape index (κ1) is 16.8. The van der Waals surface area contributed by atoms with Crippen molar-refractivity contribution in [2.45, 2.75) is 0 Å². The van der Waals surface area contributed by atoms with E-state index in [-0.39, 0.29) is 37.6 Å². The lowest BCUT2D eigenvalue weighted by atomic mass is 10.1. The number of nitro benzene ring substituents is 1. The molecule has 1 heterocycles. The molecule has 2 bridgehead atoms. The van der Waals surface area contributed by atoms with Gasteiger partial charge in [-0.2, -0.15) is 0 Å². The monoisotopic (exact) mass is 325 g/mol. The van der Waals surface area contributed by atoms with Crippen LogP contribution in [0.5, 0.6) is 0 Å². The van der Waals surface area contributed by atoms with Gasteiger partial charge in [-0.15, -0.1) is 0 Å². The number of cyclic esters (lactones) is 2. The van der Waals surface area contributed by atoms with Crippen LogP contribution in [0, 0.1) is 10.1 Å². The Bertz CT molecular complexity index is 558. The number of benzene rings is 1. The molecule has 0 N–H and O–H groups in total. The summed E-state index contributed by atoms with van der Waals surface area (Å²) in [7, 11) is 0. The Hall–Kier alpha value is -2.52. The van der Waals surface area contributed by atoms with Gasteiger partial charge >= 0.3 is 11.9 Å². The van der Waals surface area contributed by atoms with Crippen LogP contribution in [0.1, 0.15) is 20.7 Å². The zero-order valence-corrected chi connectivity index (χ0v) is 12.2. The largest absolute Gasteiger partial charge is 0.460 e. The second kappa shape index (κ2) is 8.20. The maximum absolute atomic E-state index is 11.9. The fourth-order valence-electron chi connectivity index (χ4n) is 1.83. The predicted molar refractivity (Wildman–Crippen MR) is 75.3 cm³/mol. The fourth-order valence-corrected chi connectivity index (χ4v) is 1.83. The number of non-ortho nitro benzene ring substituents is 1. The molecule has 1 aromatic rings. The Morgan fingerprint density at radius 1 is 0.783 bits per heavy atom. The normalized spacial score (nSPS) is 17.4. The Morgan fingerprint density at radius 3 is 1.65 bits per heavy atom. The van der Waals surface area contributed by atoms with Crippen LogP contribution in [-0.2, 0) is 18.9 Å². The summed E-state index contributed by atoms with van der Waals surface area (Å²) in [5, 5.41) is 10.9. The van der Waals surface area contributed by atoms with Gasteiger partial charge < -0.3 is 18.9 Å². The van der Waals surface area contributed by atoms with Crippen molar-refractivity contribution < 1.29 is 33.5 Å². The van der Waals surface area contributed by atoms with Crippen LogP contribution in [0.4, 0.5) is 5.69 Å². The molecule has 0 fully saturated rings. The van der Waals surface area contributed by atoms with E-state index in [2.05, 4.69) is 0 Å². The highest BCUT2D eigenvalue weighted by Crippen LogP contribution is 2.19. The standard InChI is InChI=1S/C14H15NO8/c16-13-10-7-11(9-12(8-10)15(18)19)14(17)23-6-4-21-2-1-20-3-5-22-13/h7-9H,1-6H2. The van der Waals surface area contributed by atoms with E-state index in [0.29, 0.717) is 13.2 Å². The summed E-state index contributed by atoms with van der Waals surface area (Å²) >= 11 is 0. The molecule has 0 radical (unpaired) electrons. The topological polar surface area (TPSA) is 114 Å². The summed E-state index contributed by atoms with van der Waals surface area (Å²) in [5.41, 5.74) is -0.599. The number of nitro groups is 1. The van der Waals surface area contributed by atoms with Gasteiger partial charge in [0.05, 0.1) is 42.5 Å². The Kier molecular flexibility index (Phi) is 6.01. The number of nitrogens with zero attached hydrogens (tertiary/aromatic N) is 1. The van der Waals surface area contributed by atoms with Gasteiger partial charge in [-0.1, -0.05) is 0 Å². The molecule has 0 aromatic heterocycles. The van der Waals surface area contributed by atoms with E-state index < -0.39 is 22.5 Å². The molecule has 124 valence electrons. The predicted octanol–water partition coefficient (Wildman–Crippen LogP) is 0.955. The number of rotatable bonds is 1. The summed E-state index contributed by atoms with van der Waals surface area (Å²) in [6.07, 6.45) is 0. The third-order valence-corrected chi connectivity index (χ3v) is 2.89. The number of esters is 2. The highest BCUT2D eigenvalue weighted by Gasteiger charge is 2.19. The summed E-state index contributed by atoms with van der Waals surface area (Å²) in [5.74, 6) is -1.56. The zero-order chi connectivity index (χ0) is 16.7. The molecular weight excluding hydrogens is 310 g/mol. The molecule has 1 aliphatic rings. The fraction of sp³-hybridized carbons (Fsp3) is 0.429. The third-order valence-electron chi connectivity index (χ3n) is 2.89. The summed E-state index contributed by atoms with van der Waals surface area (Å²) in [6.45, 7) is 0.941. The minimum atomic E-state index is -0.780. The van der Waals surface area contributed by atoms with Crippen LogP contribution < -0.4 is 0 Å². The number of carbonyl (C=O) groups is 2. The van der Waals surface area contributed by atoms with Crippen LogP contribution >= 0.6 is 0 Å². The van der Waals surface area contributed by atoms with E-state index in [0.717, 1.165) is 12.1 Å². The molecule has 9 heteroatoms. The molecule has 0 unspecified atom stereocenters. The molecule has 0 spiro atoms. The molecule has 1 aliphatic heterocycles. The number of ether oxygens (including phenoxy) is 4. The summed E-state index contributed by atoms with van der Waals surface area (Å²) < 4.78 is 20.3. The van der Waals surface area contributed by atoms with E-state index in [1.807, 2.05) is 0 Å². The number of fused-ring (bicyclic) bond motifs is 2. The van der Waals surface area contributed by atoms with Crippen molar-refractivity contribution in [3.05, 3.63) is 39.4 Å². The average molecular weight is 325 g/mol. The maximum atomic E-state index is 11.9. The zero-order valence-electron chi connectivity index (χ0n) is 12.2. The maximum Gasteiger partial charge on any atom is 0.338 e. The molecular formula is C14H15NO8. The van der Waals surface area contributed by atoms with E-state index in [9.17, 15) is 19.7 Å². The number of hydrogen-bond acceptors (Lipinski definition) is 8. The lowest BCUT2D eigenvalue weighted by molar-refractivity contribution is -0.384. The third kappa shape index (κ3) is 5.01. The van der Waals surface area contributed by atoms with Crippen molar-refractivity contribution in [2.75, 3.05) is 39.6 Å². The van der Waals surface area contributed by atoms with E-state index in [1.54, 1.807) is 0 Å². The highest BCUT2D eigenvalue weighted by atomic mass is 16.6. The Balaban J connectivity index is 2.26.